The SMILES string of the molecule is COc1ccc(C(C)C)cc1S(=O)(=O)Nc1c(Cl)cccc1Cl. The van der Waals surface area contributed by atoms with Crippen LogP contribution in [0.25, 0.3) is 0 Å². The first-order valence-electron chi connectivity index (χ1n) is 6.91. The molecule has 0 aliphatic heterocycles. The Morgan fingerprint density at radius 3 is 2.22 bits per heavy atom. The summed E-state index contributed by atoms with van der Waals surface area (Å²) in [6.45, 7) is 3.97. The number of rotatable bonds is 5. The molecule has 124 valence electrons. The van der Waals surface area contributed by atoms with E-state index in [-0.39, 0.29) is 32.3 Å². The van der Waals surface area contributed by atoms with E-state index in [1.165, 1.54) is 7.11 Å². The monoisotopic (exact) mass is 373 g/mol. The van der Waals surface area contributed by atoms with Gasteiger partial charge < -0.3 is 4.74 Å². The number of hydrogen-bond donors (Lipinski definition) is 1. The second kappa shape index (κ2) is 6.99. The zero-order valence-corrected chi connectivity index (χ0v) is 15.3. The third-order valence-corrected chi connectivity index (χ3v) is 5.34. The highest BCUT2D eigenvalue weighted by molar-refractivity contribution is 7.92. The van der Waals surface area contributed by atoms with Crippen LogP contribution in [0.5, 0.6) is 5.75 Å². The van der Waals surface area contributed by atoms with Crippen molar-refractivity contribution < 1.29 is 13.2 Å². The van der Waals surface area contributed by atoms with Gasteiger partial charge in [0.05, 0.1) is 22.8 Å². The van der Waals surface area contributed by atoms with Crippen LogP contribution in [-0.4, -0.2) is 15.5 Å². The van der Waals surface area contributed by atoms with Crippen molar-refractivity contribution in [2.24, 2.45) is 0 Å². The fourth-order valence-electron chi connectivity index (χ4n) is 2.05. The molecule has 7 heteroatoms. The van der Waals surface area contributed by atoms with E-state index >= 15 is 0 Å². The van der Waals surface area contributed by atoms with Crippen LogP contribution >= 0.6 is 23.2 Å². The molecule has 0 spiro atoms. The minimum Gasteiger partial charge on any atom is -0.495 e. The van der Waals surface area contributed by atoms with Crippen LogP contribution in [-0.2, 0) is 10.0 Å². The van der Waals surface area contributed by atoms with Gasteiger partial charge in [0, 0.05) is 0 Å². The van der Waals surface area contributed by atoms with Gasteiger partial charge in [-0.3, -0.25) is 4.72 Å². The maximum atomic E-state index is 12.8. The van der Waals surface area contributed by atoms with Gasteiger partial charge in [0.15, 0.2) is 0 Å². The smallest absolute Gasteiger partial charge is 0.265 e. The summed E-state index contributed by atoms with van der Waals surface area (Å²) in [7, 11) is -2.48. The minimum atomic E-state index is -3.90. The highest BCUT2D eigenvalue weighted by Gasteiger charge is 2.23. The summed E-state index contributed by atoms with van der Waals surface area (Å²) in [6.07, 6.45) is 0. The van der Waals surface area contributed by atoms with Crippen molar-refractivity contribution >= 4 is 38.9 Å². The van der Waals surface area contributed by atoms with E-state index < -0.39 is 10.0 Å². The number of methoxy groups -OCH3 is 1. The second-order valence-electron chi connectivity index (χ2n) is 5.27. The maximum absolute atomic E-state index is 12.8. The Morgan fingerprint density at radius 2 is 1.70 bits per heavy atom. The van der Waals surface area contributed by atoms with Crippen molar-refractivity contribution in [3.8, 4) is 5.75 Å². The molecular weight excluding hydrogens is 357 g/mol. The molecule has 0 heterocycles. The minimum absolute atomic E-state index is 0.0437. The Labute approximate surface area is 146 Å². The van der Waals surface area contributed by atoms with E-state index in [1.54, 1.807) is 30.3 Å². The molecule has 0 saturated heterocycles. The molecule has 0 saturated carbocycles. The highest BCUT2D eigenvalue weighted by atomic mass is 35.5. The summed E-state index contributed by atoms with van der Waals surface area (Å²) in [4.78, 5) is 0.0437. The number of benzene rings is 2. The number of anilines is 1. The molecule has 1 N–H and O–H groups in total. The van der Waals surface area contributed by atoms with E-state index in [4.69, 9.17) is 27.9 Å². The van der Waals surface area contributed by atoms with Crippen molar-refractivity contribution in [2.75, 3.05) is 11.8 Å². The lowest BCUT2D eigenvalue weighted by Crippen LogP contribution is -2.15. The first-order chi connectivity index (χ1) is 10.8. The first kappa shape index (κ1) is 17.9. The number of nitrogens with one attached hydrogen (secondary N) is 1. The number of para-hydroxylation sites is 1. The van der Waals surface area contributed by atoms with E-state index in [2.05, 4.69) is 4.72 Å². The third-order valence-electron chi connectivity index (χ3n) is 3.34. The quantitative estimate of drug-likeness (QED) is 0.808. The molecule has 0 amide bonds. The highest BCUT2D eigenvalue weighted by Crippen LogP contribution is 2.34. The number of hydrogen-bond acceptors (Lipinski definition) is 3. The van der Waals surface area contributed by atoms with Gasteiger partial charge in [0.25, 0.3) is 10.0 Å². The molecule has 0 atom stereocenters. The molecule has 2 aromatic rings. The summed E-state index contributed by atoms with van der Waals surface area (Å²) in [5.74, 6) is 0.434. The number of sulfonamides is 1. The van der Waals surface area contributed by atoms with Gasteiger partial charge in [-0.1, -0.05) is 49.2 Å². The van der Waals surface area contributed by atoms with Gasteiger partial charge in [-0.2, -0.15) is 0 Å². The summed E-state index contributed by atoms with van der Waals surface area (Å²) >= 11 is 12.1. The van der Waals surface area contributed by atoms with E-state index in [0.29, 0.717) is 0 Å². The summed E-state index contributed by atoms with van der Waals surface area (Å²) in [5.41, 5.74) is 1.03. The second-order valence-corrected chi connectivity index (χ2v) is 7.73. The molecule has 2 rings (SSSR count). The molecule has 0 unspecified atom stereocenters. The van der Waals surface area contributed by atoms with Gasteiger partial charge in [-0.25, -0.2) is 8.42 Å². The normalized spacial score (nSPS) is 11.6. The first-order valence-corrected chi connectivity index (χ1v) is 9.15. The number of ether oxygens (including phenoxy) is 1. The van der Waals surface area contributed by atoms with Gasteiger partial charge >= 0.3 is 0 Å². The summed E-state index contributed by atoms with van der Waals surface area (Å²) in [5, 5.41) is 0.445. The van der Waals surface area contributed by atoms with Crippen LogP contribution < -0.4 is 9.46 Å². The molecule has 0 bridgehead atoms. The Balaban J connectivity index is 2.53. The van der Waals surface area contributed by atoms with Gasteiger partial charge in [-0.05, 0) is 35.7 Å². The van der Waals surface area contributed by atoms with E-state index in [9.17, 15) is 8.42 Å². The van der Waals surface area contributed by atoms with Gasteiger partial charge in [0.2, 0.25) is 0 Å². The summed E-state index contributed by atoms with van der Waals surface area (Å²) in [6, 6.07) is 9.84. The van der Waals surface area contributed by atoms with Crippen LogP contribution in [0.3, 0.4) is 0 Å². The molecule has 23 heavy (non-hydrogen) atoms. The fourth-order valence-corrected chi connectivity index (χ4v) is 3.96. The van der Waals surface area contributed by atoms with Crippen molar-refractivity contribution in [1.29, 1.82) is 0 Å². The number of halogens is 2. The van der Waals surface area contributed by atoms with Crippen LogP contribution in [0.4, 0.5) is 5.69 Å². The molecule has 0 aliphatic carbocycles. The Morgan fingerprint density at radius 1 is 1.09 bits per heavy atom. The standard InChI is InChI=1S/C16H17Cl2NO3S/c1-10(2)11-7-8-14(22-3)15(9-11)23(20,21)19-16-12(17)5-4-6-13(16)18/h4-10,19H,1-3H3. The van der Waals surface area contributed by atoms with Crippen LogP contribution in [0.15, 0.2) is 41.3 Å². The zero-order valence-electron chi connectivity index (χ0n) is 12.9. The molecular formula is C16H17Cl2NO3S. The Hall–Kier alpha value is -1.43. The van der Waals surface area contributed by atoms with Gasteiger partial charge in [0.1, 0.15) is 10.6 Å². The topological polar surface area (TPSA) is 55.4 Å². The summed E-state index contributed by atoms with van der Waals surface area (Å²) < 4.78 is 33.1. The van der Waals surface area contributed by atoms with Crippen molar-refractivity contribution in [3.63, 3.8) is 0 Å². The van der Waals surface area contributed by atoms with Crippen molar-refractivity contribution in [2.45, 2.75) is 24.7 Å². The maximum Gasteiger partial charge on any atom is 0.265 e. The van der Waals surface area contributed by atoms with Crippen LogP contribution in [0.2, 0.25) is 10.0 Å². The van der Waals surface area contributed by atoms with Crippen LogP contribution in [0.1, 0.15) is 25.3 Å². The van der Waals surface area contributed by atoms with E-state index in [0.717, 1.165) is 5.56 Å². The zero-order chi connectivity index (χ0) is 17.2. The fraction of sp³-hybridized carbons (Fsp3) is 0.250. The predicted molar refractivity (Wildman–Crippen MR) is 94.4 cm³/mol. The lowest BCUT2D eigenvalue weighted by atomic mass is 10.0. The van der Waals surface area contributed by atoms with E-state index in [1.807, 2.05) is 19.9 Å². The molecule has 0 fully saturated rings. The lowest BCUT2D eigenvalue weighted by Gasteiger charge is -2.15. The molecule has 0 radical (unpaired) electrons. The molecule has 0 aromatic heterocycles. The Kier molecular flexibility index (Phi) is 5.45. The Bertz CT molecular complexity index is 800. The molecule has 0 aliphatic rings. The largest absolute Gasteiger partial charge is 0.495 e. The average molecular weight is 374 g/mol. The third kappa shape index (κ3) is 3.91. The molecule has 2 aromatic carbocycles. The van der Waals surface area contributed by atoms with Crippen molar-refractivity contribution in [3.05, 3.63) is 52.0 Å². The average Bonchev–Trinajstić information content (AvgIpc) is 2.50. The predicted octanol–water partition coefficient (Wildman–Crippen LogP) is 4.93. The molecule has 4 nitrogen and oxygen atoms in total. The van der Waals surface area contributed by atoms with Crippen LogP contribution in [0, 0.1) is 0 Å². The van der Waals surface area contributed by atoms with Crippen molar-refractivity contribution in [1.82, 2.24) is 0 Å². The lowest BCUT2D eigenvalue weighted by molar-refractivity contribution is 0.402. The van der Waals surface area contributed by atoms with Gasteiger partial charge in [-0.15, -0.1) is 0 Å².